The predicted molar refractivity (Wildman–Crippen MR) is 87.0 cm³/mol. The summed E-state index contributed by atoms with van der Waals surface area (Å²) in [5.74, 6) is -0.0649. The van der Waals surface area contributed by atoms with Crippen LogP contribution in [0.15, 0.2) is 24.3 Å². The second-order valence-corrected chi connectivity index (χ2v) is 7.10. The Hall–Kier alpha value is -1.59. The van der Waals surface area contributed by atoms with Crippen molar-refractivity contribution in [3.63, 3.8) is 0 Å². The Balaban J connectivity index is 1.57. The molecule has 0 radical (unpaired) electrons. The molecule has 1 aromatic rings. The number of carbonyl (C=O) groups is 2. The third kappa shape index (κ3) is 3.51. The molecule has 0 bridgehead atoms. The standard InChI is InChI=1S/C17H21ClN2O3/c1-12(21)20-9-14(10-20)16(22)19-6-5-17(23,11-19)8-13-3-2-4-15(18)7-13/h2-4,7,14,23H,5-6,8-11H2,1H3. The van der Waals surface area contributed by atoms with Crippen molar-refractivity contribution in [2.24, 2.45) is 5.92 Å². The van der Waals surface area contributed by atoms with E-state index in [0.29, 0.717) is 44.0 Å². The van der Waals surface area contributed by atoms with Gasteiger partial charge in [0.2, 0.25) is 11.8 Å². The average molecular weight is 337 g/mol. The first-order valence-electron chi connectivity index (χ1n) is 7.87. The molecule has 6 heteroatoms. The number of likely N-dealkylation sites (tertiary alicyclic amines) is 2. The van der Waals surface area contributed by atoms with Crippen LogP contribution in [0.3, 0.4) is 0 Å². The Morgan fingerprint density at radius 1 is 1.35 bits per heavy atom. The van der Waals surface area contributed by atoms with Crippen LogP contribution in [0.25, 0.3) is 0 Å². The highest BCUT2D eigenvalue weighted by Gasteiger charge is 2.43. The highest BCUT2D eigenvalue weighted by atomic mass is 35.5. The summed E-state index contributed by atoms with van der Waals surface area (Å²) in [6.45, 7) is 3.41. The van der Waals surface area contributed by atoms with Crippen LogP contribution in [0.1, 0.15) is 18.9 Å². The first kappa shape index (κ1) is 16.3. The van der Waals surface area contributed by atoms with E-state index in [1.165, 1.54) is 6.92 Å². The number of aliphatic hydroxyl groups is 1. The van der Waals surface area contributed by atoms with Gasteiger partial charge >= 0.3 is 0 Å². The Morgan fingerprint density at radius 2 is 2.09 bits per heavy atom. The molecular formula is C17H21ClN2O3. The third-order valence-corrected chi connectivity index (χ3v) is 4.98. The van der Waals surface area contributed by atoms with Gasteiger partial charge in [-0.3, -0.25) is 9.59 Å². The topological polar surface area (TPSA) is 60.9 Å². The van der Waals surface area contributed by atoms with Crippen molar-refractivity contribution in [2.45, 2.75) is 25.4 Å². The number of amides is 2. The van der Waals surface area contributed by atoms with Crippen molar-refractivity contribution in [2.75, 3.05) is 26.2 Å². The van der Waals surface area contributed by atoms with Crippen LogP contribution in [-0.2, 0) is 16.0 Å². The maximum Gasteiger partial charge on any atom is 0.229 e. The van der Waals surface area contributed by atoms with Gasteiger partial charge in [0.1, 0.15) is 0 Å². The Kier molecular flexibility index (Phi) is 4.34. The van der Waals surface area contributed by atoms with Crippen LogP contribution >= 0.6 is 11.6 Å². The fourth-order valence-corrected chi connectivity index (χ4v) is 3.58. The van der Waals surface area contributed by atoms with Gasteiger partial charge in [0.05, 0.1) is 11.5 Å². The Morgan fingerprint density at radius 3 is 2.74 bits per heavy atom. The molecule has 23 heavy (non-hydrogen) atoms. The number of carbonyl (C=O) groups excluding carboxylic acids is 2. The lowest BCUT2D eigenvalue weighted by atomic mass is 9.93. The zero-order chi connectivity index (χ0) is 16.6. The maximum absolute atomic E-state index is 12.4. The van der Waals surface area contributed by atoms with Gasteiger partial charge in [-0.2, -0.15) is 0 Å². The number of benzene rings is 1. The van der Waals surface area contributed by atoms with Crippen LogP contribution in [0, 0.1) is 5.92 Å². The summed E-state index contributed by atoms with van der Waals surface area (Å²) >= 11 is 5.98. The summed E-state index contributed by atoms with van der Waals surface area (Å²) in [7, 11) is 0. The van der Waals surface area contributed by atoms with Gasteiger partial charge in [-0.05, 0) is 24.1 Å². The van der Waals surface area contributed by atoms with Crippen molar-refractivity contribution in [1.29, 1.82) is 0 Å². The lowest BCUT2D eigenvalue weighted by molar-refractivity contribution is -0.147. The minimum Gasteiger partial charge on any atom is -0.388 e. The number of rotatable bonds is 3. The molecule has 1 aromatic carbocycles. The van der Waals surface area contributed by atoms with E-state index < -0.39 is 5.60 Å². The molecule has 5 nitrogen and oxygen atoms in total. The minimum absolute atomic E-state index is 0.00735. The summed E-state index contributed by atoms with van der Waals surface area (Å²) < 4.78 is 0. The van der Waals surface area contributed by atoms with E-state index in [1.807, 2.05) is 18.2 Å². The Labute approximate surface area is 140 Å². The number of hydrogen-bond donors (Lipinski definition) is 1. The van der Waals surface area contributed by atoms with Crippen LogP contribution in [-0.4, -0.2) is 58.5 Å². The van der Waals surface area contributed by atoms with Crippen molar-refractivity contribution in [3.05, 3.63) is 34.9 Å². The minimum atomic E-state index is -0.898. The molecule has 2 saturated heterocycles. The van der Waals surface area contributed by atoms with E-state index in [1.54, 1.807) is 15.9 Å². The molecule has 0 aliphatic carbocycles. The summed E-state index contributed by atoms with van der Waals surface area (Å²) in [5, 5.41) is 11.4. The molecule has 0 spiro atoms. The molecule has 3 rings (SSSR count). The average Bonchev–Trinajstić information content (AvgIpc) is 2.78. The van der Waals surface area contributed by atoms with Crippen LogP contribution in [0.2, 0.25) is 5.02 Å². The molecule has 2 aliphatic rings. The highest BCUT2D eigenvalue weighted by Crippen LogP contribution is 2.29. The van der Waals surface area contributed by atoms with E-state index in [2.05, 4.69) is 0 Å². The summed E-state index contributed by atoms with van der Waals surface area (Å²) in [6.07, 6.45) is 1.05. The van der Waals surface area contributed by atoms with Gasteiger partial charge < -0.3 is 14.9 Å². The monoisotopic (exact) mass is 336 g/mol. The quantitative estimate of drug-likeness (QED) is 0.905. The van der Waals surface area contributed by atoms with Gasteiger partial charge in [-0.25, -0.2) is 0 Å². The molecule has 1 atom stereocenters. The lowest BCUT2D eigenvalue weighted by Crippen LogP contribution is -2.56. The number of nitrogens with zero attached hydrogens (tertiary/aromatic N) is 2. The molecule has 0 saturated carbocycles. The van der Waals surface area contributed by atoms with Gasteiger partial charge in [-0.15, -0.1) is 0 Å². The van der Waals surface area contributed by atoms with Crippen molar-refractivity contribution in [1.82, 2.24) is 9.80 Å². The van der Waals surface area contributed by atoms with Crippen LogP contribution in [0.5, 0.6) is 0 Å². The van der Waals surface area contributed by atoms with E-state index in [4.69, 9.17) is 11.6 Å². The smallest absolute Gasteiger partial charge is 0.229 e. The third-order valence-electron chi connectivity index (χ3n) is 4.74. The van der Waals surface area contributed by atoms with Crippen molar-refractivity contribution < 1.29 is 14.7 Å². The summed E-state index contributed by atoms with van der Waals surface area (Å²) in [6, 6.07) is 7.45. The normalized spacial score (nSPS) is 24.7. The predicted octanol–water partition coefficient (Wildman–Crippen LogP) is 1.32. The first-order chi connectivity index (χ1) is 10.9. The van der Waals surface area contributed by atoms with Crippen molar-refractivity contribution in [3.8, 4) is 0 Å². The second-order valence-electron chi connectivity index (χ2n) is 6.66. The van der Waals surface area contributed by atoms with Crippen molar-refractivity contribution >= 4 is 23.4 Å². The highest BCUT2D eigenvalue weighted by molar-refractivity contribution is 6.30. The number of β-amino-alcohol motifs (C(OH)–C–C–N with tert-alkyl or cyclic N) is 1. The van der Waals surface area contributed by atoms with Gasteiger partial charge in [0, 0.05) is 44.5 Å². The zero-order valence-electron chi connectivity index (χ0n) is 13.2. The molecule has 124 valence electrons. The fourth-order valence-electron chi connectivity index (χ4n) is 3.37. The van der Waals surface area contributed by atoms with Crippen LogP contribution in [0.4, 0.5) is 0 Å². The molecule has 2 fully saturated rings. The Bertz CT molecular complexity index is 630. The van der Waals surface area contributed by atoms with E-state index in [0.717, 1.165) is 5.56 Å². The molecule has 2 aliphatic heterocycles. The molecule has 1 N–H and O–H groups in total. The van der Waals surface area contributed by atoms with E-state index in [9.17, 15) is 14.7 Å². The largest absolute Gasteiger partial charge is 0.388 e. The number of hydrogen-bond acceptors (Lipinski definition) is 3. The molecule has 2 heterocycles. The first-order valence-corrected chi connectivity index (χ1v) is 8.25. The van der Waals surface area contributed by atoms with Gasteiger partial charge in [0.15, 0.2) is 0 Å². The molecule has 1 unspecified atom stereocenters. The van der Waals surface area contributed by atoms with Crippen LogP contribution < -0.4 is 0 Å². The second kappa shape index (κ2) is 6.13. The number of halogens is 1. The summed E-state index contributed by atoms with van der Waals surface area (Å²) in [5.41, 5.74) is 0.0744. The molecule has 2 amide bonds. The SMILES string of the molecule is CC(=O)N1CC(C(=O)N2CCC(O)(Cc3cccc(Cl)c3)C2)C1. The zero-order valence-corrected chi connectivity index (χ0v) is 13.9. The molecule has 0 aromatic heterocycles. The van der Waals surface area contributed by atoms with E-state index >= 15 is 0 Å². The van der Waals surface area contributed by atoms with Gasteiger partial charge in [-0.1, -0.05) is 23.7 Å². The van der Waals surface area contributed by atoms with E-state index in [-0.39, 0.29) is 17.7 Å². The maximum atomic E-state index is 12.4. The lowest BCUT2D eigenvalue weighted by Gasteiger charge is -2.39. The summed E-state index contributed by atoms with van der Waals surface area (Å²) in [4.78, 5) is 27.0. The fraction of sp³-hybridized carbons (Fsp3) is 0.529. The molecular weight excluding hydrogens is 316 g/mol. The van der Waals surface area contributed by atoms with Gasteiger partial charge in [0.25, 0.3) is 0 Å².